The van der Waals surface area contributed by atoms with Gasteiger partial charge in [0, 0.05) is 19.5 Å². The van der Waals surface area contributed by atoms with Crippen LogP contribution in [0.5, 0.6) is 0 Å². The van der Waals surface area contributed by atoms with Crippen molar-refractivity contribution in [2.45, 2.75) is 48.9 Å². The van der Waals surface area contributed by atoms with E-state index in [2.05, 4.69) is 15.5 Å². The largest absolute Gasteiger partial charge is 0.351 e. The minimum atomic E-state index is -0.281. The van der Waals surface area contributed by atoms with E-state index < -0.39 is 0 Å². The van der Waals surface area contributed by atoms with Crippen LogP contribution in [0.4, 0.5) is 5.13 Å². The van der Waals surface area contributed by atoms with Gasteiger partial charge in [0.05, 0.1) is 5.25 Å². The van der Waals surface area contributed by atoms with Gasteiger partial charge in [-0.2, -0.15) is 0 Å². The fraction of sp³-hybridized carbons (Fsp3) is 0.412. The average molecular weight is 377 g/mol. The summed E-state index contributed by atoms with van der Waals surface area (Å²) in [6.45, 7) is 3.90. The first kappa shape index (κ1) is 17.9. The molecule has 1 atom stereocenters. The second-order valence-electron chi connectivity index (χ2n) is 5.93. The van der Waals surface area contributed by atoms with Crippen LogP contribution in [0.15, 0.2) is 34.7 Å². The maximum Gasteiger partial charge on any atom is 0.233 e. The van der Waals surface area contributed by atoms with E-state index in [1.165, 1.54) is 23.1 Å². The highest BCUT2D eigenvalue weighted by Crippen LogP contribution is 2.36. The Bertz CT molecular complexity index is 746. The summed E-state index contributed by atoms with van der Waals surface area (Å²) in [6, 6.07) is 10.1. The highest BCUT2D eigenvalue weighted by atomic mass is 32.2. The van der Waals surface area contributed by atoms with Crippen molar-refractivity contribution < 1.29 is 9.59 Å². The van der Waals surface area contributed by atoms with Gasteiger partial charge in [0.1, 0.15) is 0 Å². The molecule has 1 aromatic carbocycles. The molecular formula is C17H20N4O2S2. The summed E-state index contributed by atoms with van der Waals surface area (Å²) in [5, 5.41) is 11.5. The lowest BCUT2D eigenvalue weighted by Gasteiger charge is -2.15. The van der Waals surface area contributed by atoms with Crippen LogP contribution in [0.1, 0.15) is 32.3 Å². The zero-order valence-electron chi connectivity index (χ0n) is 14.1. The molecule has 1 fully saturated rings. The van der Waals surface area contributed by atoms with Crippen LogP contribution >= 0.6 is 23.1 Å². The second kappa shape index (κ2) is 7.97. The molecule has 0 radical (unpaired) electrons. The first-order valence-corrected chi connectivity index (χ1v) is 9.86. The predicted molar refractivity (Wildman–Crippen MR) is 99.7 cm³/mol. The van der Waals surface area contributed by atoms with E-state index in [0.29, 0.717) is 16.0 Å². The Kier molecular flexibility index (Phi) is 5.70. The zero-order valence-corrected chi connectivity index (χ0v) is 15.8. The fourth-order valence-corrected chi connectivity index (χ4v) is 4.49. The minimum Gasteiger partial charge on any atom is -0.351 e. The van der Waals surface area contributed by atoms with Gasteiger partial charge < -0.3 is 5.32 Å². The molecule has 1 heterocycles. The summed E-state index contributed by atoms with van der Waals surface area (Å²) < 4.78 is 0.698. The Morgan fingerprint density at radius 1 is 1.32 bits per heavy atom. The average Bonchev–Trinajstić information content (AvgIpc) is 3.32. The van der Waals surface area contributed by atoms with Gasteiger partial charge in [0.2, 0.25) is 16.9 Å². The maximum atomic E-state index is 12.2. The SMILES string of the molecule is CC(=O)N(c1nnc(SC(C)C(=O)NCc2ccccc2)s1)C1CC1. The lowest BCUT2D eigenvalue weighted by molar-refractivity contribution is -0.120. The Morgan fingerprint density at radius 3 is 2.68 bits per heavy atom. The molecular weight excluding hydrogens is 356 g/mol. The van der Waals surface area contributed by atoms with Crippen LogP contribution in [0.3, 0.4) is 0 Å². The van der Waals surface area contributed by atoms with Crippen molar-refractivity contribution in [3.05, 3.63) is 35.9 Å². The van der Waals surface area contributed by atoms with Crippen molar-refractivity contribution in [2.24, 2.45) is 0 Å². The monoisotopic (exact) mass is 376 g/mol. The number of nitrogens with zero attached hydrogens (tertiary/aromatic N) is 3. The third kappa shape index (κ3) is 4.79. The topological polar surface area (TPSA) is 75.2 Å². The minimum absolute atomic E-state index is 0.0103. The van der Waals surface area contributed by atoms with Gasteiger partial charge in [-0.15, -0.1) is 10.2 Å². The van der Waals surface area contributed by atoms with E-state index in [9.17, 15) is 9.59 Å². The molecule has 0 bridgehead atoms. The molecule has 1 N–H and O–H groups in total. The third-order valence-electron chi connectivity index (χ3n) is 3.81. The summed E-state index contributed by atoms with van der Waals surface area (Å²) >= 11 is 2.73. The van der Waals surface area contributed by atoms with Gasteiger partial charge in [0.25, 0.3) is 0 Å². The first-order chi connectivity index (χ1) is 12.0. The van der Waals surface area contributed by atoms with Gasteiger partial charge in [-0.05, 0) is 25.3 Å². The number of carbonyl (C=O) groups is 2. The van der Waals surface area contributed by atoms with E-state index in [1.807, 2.05) is 37.3 Å². The molecule has 1 aliphatic rings. The molecule has 8 heteroatoms. The van der Waals surface area contributed by atoms with Crippen molar-refractivity contribution in [3.63, 3.8) is 0 Å². The zero-order chi connectivity index (χ0) is 17.8. The number of hydrogen-bond acceptors (Lipinski definition) is 6. The van der Waals surface area contributed by atoms with Crippen molar-refractivity contribution in [2.75, 3.05) is 4.90 Å². The molecule has 0 saturated heterocycles. The molecule has 6 nitrogen and oxygen atoms in total. The highest BCUT2D eigenvalue weighted by molar-refractivity contribution is 8.02. The number of benzene rings is 1. The summed E-state index contributed by atoms with van der Waals surface area (Å²) in [5.41, 5.74) is 1.06. The standard InChI is InChI=1S/C17H20N4O2S2/c1-11(15(23)18-10-13-6-4-3-5-7-13)24-17-20-19-16(25-17)21(12(2)22)14-8-9-14/h3-7,11,14H,8-10H2,1-2H3,(H,18,23). The lowest BCUT2D eigenvalue weighted by Crippen LogP contribution is -2.30. The van der Waals surface area contributed by atoms with Gasteiger partial charge in [-0.1, -0.05) is 53.4 Å². The van der Waals surface area contributed by atoms with E-state index in [-0.39, 0.29) is 23.1 Å². The summed E-state index contributed by atoms with van der Waals surface area (Å²) in [6.07, 6.45) is 2.03. The molecule has 3 rings (SSSR count). The number of hydrogen-bond donors (Lipinski definition) is 1. The highest BCUT2D eigenvalue weighted by Gasteiger charge is 2.34. The van der Waals surface area contributed by atoms with Crippen LogP contribution in [-0.2, 0) is 16.1 Å². The molecule has 1 aromatic heterocycles. The van der Waals surface area contributed by atoms with Crippen LogP contribution < -0.4 is 10.2 Å². The summed E-state index contributed by atoms with van der Waals surface area (Å²) in [4.78, 5) is 25.7. The van der Waals surface area contributed by atoms with Gasteiger partial charge in [-0.3, -0.25) is 14.5 Å². The number of carbonyl (C=O) groups excluding carboxylic acids is 2. The number of aromatic nitrogens is 2. The van der Waals surface area contributed by atoms with E-state index >= 15 is 0 Å². The van der Waals surface area contributed by atoms with Gasteiger partial charge in [0.15, 0.2) is 4.34 Å². The number of anilines is 1. The number of nitrogens with one attached hydrogen (secondary N) is 1. The van der Waals surface area contributed by atoms with Crippen molar-refractivity contribution in [1.29, 1.82) is 0 Å². The normalized spacial score (nSPS) is 14.8. The molecule has 0 spiro atoms. The number of rotatable bonds is 7. The molecule has 1 unspecified atom stereocenters. The molecule has 2 amide bonds. The molecule has 132 valence electrons. The molecule has 0 aliphatic heterocycles. The van der Waals surface area contributed by atoms with Gasteiger partial charge in [-0.25, -0.2) is 0 Å². The Balaban J connectivity index is 1.54. The van der Waals surface area contributed by atoms with Crippen molar-refractivity contribution >= 4 is 40.0 Å². The van der Waals surface area contributed by atoms with Crippen LogP contribution in [0.25, 0.3) is 0 Å². The second-order valence-corrected chi connectivity index (χ2v) is 8.48. The van der Waals surface area contributed by atoms with Crippen LogP contribution in [0.2, 0.25) is 0 Å². The third-order valence-corrected chi connectivity index (χ3v) is 5.92. The smallest absolute Gasteiger partial charge is 0.233 e. The van der Waals surface area contributed by atoms with E-state index in [4.69, 9.17) is 0 Å². The molecule has 25 heavy (non-hydrogen) atoms. The Hall–Kier alpha value is -1.93. The van der Waals surface area contributed by atoms with E-state index in [0.717, 1.165) is 18.4 Å². The maximum absolute atomic E-state index is 12.2. The van der Waals surface area contributed by atoms with E-state index in [1.54, 1.807) is 11.8 Å². The molecule has 2 aromatic rings. The molecule has 1 aliphatic carbocycles. The van der Waals surface area contributed by atoms with Gasteiger partial charge >= 0.3 is 0 Å². The van der Waals surface area contributed by atoms with Crippen molar-refractivity contribution in [1.82, 2.24) is 15.5 Å². The Morgan fingerprint density at radius 2 is 2.04 bits per heavy atom. The summed E-state index contributed by atoms with van der Waals surface area (Å²) in [7, 11) is 0. The fourth-order valence-electron chi connectivity index (χ4n) is 2.36. The number of thioether (sulfide) groups is 1. The van der Waals surface area contributed by atoms with Crippen molar-refractivity contribution in [3.8, 4) is 0 Å². The first-order valence-electron chi connectivity index (χ1n) is 8.16. The summed E-state index contributed by atoms with van der Waals surface area (Å²) in [5.74, 6) is -0.0555. The number of amides is 2. The Labute approximate surface area is 155 Å². The lowest BCUT2D eigenvalue weighted by atomic mass is 10.2. The van der Waals surface area contributed by atoms with Crippen LogP contribution in [-0.4, -0.2) is 33.3 Å². The van der Waals surface area contributed by atoms with Crippen LogP contribution in [0, 0.1) is 0 Å². The predicted octanol–water partition coefficient (Wildman–Crippen LogP) is 2.85. The molecule has 1 saturated carbocycles. The quantitative estimate of drug-likeness (QED) is 0.594.